The molecule has 314 valence electrons. The van der Waals surface area contributed by atoms with Crippen LogP contribution in [0.15, 0.2) is 46.5 Å². The summed E-state index contributed by atoms with van der Waals surface area (Å²) in [7, 11) is 0. The summed E-state index contributed by atoms with van der Waals surface area (Å²) in [5.41, 5.74) is 1.84. The van der Waals surface area contributed by atoms with E-state index in [4.69, 9.17) is 9.40 Å². The second-order valence-electron chi connectivity index (χ2n) is 16.8. The van der Waals surface area contributed by atoms with Crippen molar-refractivity contribution in [3.63, 3.8) is 0 Å². The standard InChI is InChI=1S/C42H53N9O7S/c1-21(2)32-38(55)44-27(17-24-18-43-26-12-8-7-11-25(24)26)40-46-29(20-59-40)36(53)49-34(23(5)6)42(57)51-16-10-14-31(51)41(56)50-15-9-13-30(50)37(54)48-33(22(3)4)39-45-28(19-58-39)35(52)47-32/h7-8,11-12,18-23,27,30-34,43H,9-10,13-17H2,1-6H3,(H,44,55)(H,47,52)(H,48,54)(H,49,53)/t27?,30-,31-,32-,33-,34-/m0/s1. The van der Waals surface area contributed by atoms with Crippen LogP contribution in [-0.2, 0) is 25.6 Å². The molecule has 0 aliphatic carbocycles. The molecule has 4 bridgehead atoms. The van der Waals surface area contributed by atoms with Crippen LogP contribution in [0.2, 0.25) is 0 Å². The summed E-state index contributed by atoms with van der Waals surface area (Å²) in [6, 6.07) is 2.82. The summed E-state index contributed by atoms with van der Waals surface area (Å²) in [6.45, 7) is 11.7. The van der Waals surface area contributed by atoms with Crippen molar-refractivity contribution in [1.82, 2.24) is 46.0 Å². The third-order valence-electron chi connectivity index (χ3n) is 11.6. The second-order valence-corrected chi connectivity index (χ2v) is 17.7. The number of nitrogens with zero attached hydrogens (tertiary/aromatic N) is 4. The van der Waals surface area contributed by atoms with E-state index in [0.29, 0.717) is 50.2 Å². The van der Waals surface area contributed by atoms with Crippen LogP contribution >= 0.6 is 11.3 Å². The number of hydrogen-bond donors (Lipinski definition) is 5. The van der Waals surface area contributed by atoms with Gasteiger partial charge in [0.15, 0.2) is 5.69 Å². The lowest BCUT2D eigenvalue weighted by atomic mass is 10.0. The Morgan fingerprint density at radius 1 is 0.729 bits per heavy atom. The van der Waals surface area contributed by atoms with Crippen molar-refractivity contribution in [2.75, 3.05) is 13.1 Å². The molecule has 2 fully saturated rings. The molecule has 3 aliphatic rings. The molecule has 1 unspecified atom stereocenters. The number of carbonyl (C=O) groups is 6. The first kappa shape index (κ1) is 41.6. The minimum Gasteiger partial charge on any atom is -0.446 e. The average Bonchev–Trinajstić information content (AvgIpc) is 4.06. The number of aromatic amines is 1. The van der Waals surface area contributed by atoms with Gasteiger partial charge in [0, 0.05) is 42.0 Å². The molecule has 6 atom stereocenters. The normalized spacial score (nSPS) is 25.2. The first-order valence-electron chi connectivity index (χ1n) is 20.5. The van der Waals surface area contributed by atoms with Gasteiger partial charge in [0.1, 0.15) is 47.2 Å². The quantitative estimate of drug-likeness (QED) is 0.196. The Morgan fingerprint density at radius 3 is 2.08 bits per heavy atom. The van der Waals surface area contributed by atoms with E-state index in [2.05, 4.69) is 31.2 Å². The van der Waals surface area contributed by atoms with Gasteiger partial charge in [-0.2, -0.15) is 0 Å². The number of benzene rings is 1. The van der Waals surface area contributed by atoms with Crippen molar-refractivity contribution in [1.29, 1.82) is 0 Å². The monoisotopic (exact) mass is 827 g/mol. The van der Waals surface area contributed by atoms with Gasteiger partial charge in [-0.1, -0.05) is 59.7 Å². The number of thiazole rings is 1. The first-order chi connectivity index (χ1) is 28.2. The van der Waals surface area contributed by atoms with Gasteiger partial charge in [-0.25, -0.2) is 9.97 Å². The van der Waals surface area contributed by atoms with Gasteiger partial charge in [-0.3, -0.25) is 28.8 Å². The van der Waals surface area contributed by atoms with Gasteiger partial charge in [-0.05, 0) is 55.1 Å². The number of oxazole rings is 1. The lowest BCUT2D eigenvalue weighted by Crippen LogP contribution is -2.57. The number of rotatable bonds is 5. The lowest BCUT2D eigenvalue weighted by molar-refractivity contribution is -0.147. The average molecular weight is 828 g/mol. The highest BCUT2D eigenvalue weighted by atomic mass is 32.1. The van der Waals surface area contributed by atoms with E-state index in [1.165, 1.54) is 17.6 Å². The number of para-hydroxylation sites is 1. The van der Waals surface area contributed by atoms with Crippen LogP contribution in [0.1, 0.15) is 117 Å². The number of H-pyrrole nitrogens is 1. The zero-order valence-corrected chi connectivity index (χ0v) is 35.1. The number of hydrogen-bond acceptors (Lipinski definition) is 10. The molecule has 1 aromatic carbocycles. The molecule has 6 heterocycles. The highest BCUT2D eigenvalue weighted by Gasteiger charge is 2.45. The lowest BCUT2D eigenvalue weighted by Gasteiger charge is -2.34. The van der Waals surface area contributed by atoms with Crippen LogP contribution in [0.4, 0.5) is 0 Å². The molecular weight excluding hydrogens is 775 g/mol. The van der Waals surface area contributed by atoms with Crippen LogP contribution in [0.5, 0.6) is 0 Å². The molecule has 5 N–H and O–H groups in total. The highest BCUT2D eigenvalue weighted by Crippen LogP contribution is 2.30. The summed E-state index contributed by atoms with van der Waals surface area (Å²) in [6.07, 6.45) is 5.45. The molecule has 0 spiro atoms. The first-order valence-corrected chi connectivity index (χ1v) is 21.4. The van der Waals surface area contributed by atoms with Crippen molar-refractivity contribution in [3.05, 3.63) is 70.0 Å². The van der Waals surface area contributed by atoms with Crippen molar-refractivity contribution in [2.24, 2.45) is 17.8 Å². The Balaban J connectivity index is 1.25. The maximum Gasteiger partial charge on any atom is 0.273 e. The fourth-order valence-electron chi connectivity index (χ4n) is 8.27. The summed E-state index contributed by atoms with van der Waals surface area (Å²) >= 11 is 1.20. The van der Waals surface area contributed by atoms with E-state index in [9.17, 15) is 28.8 Å². The second kappa shape index (κ2) is 17.3. The topological polar surface area (TPSA) is 212 Å². The van der Waals surface area contributed by atoms with Gasteiger partial charge < -0.3 is 40.5 Å². The molecule has 0 saturated carbocycles. The summed E-state index contributed by atoms with van der Waals surface area (Å²) < 4.78 is 5.79. The van der Waals surface area contributed by atoms with E-state index in [1.54, 1.807) is 15.2 Å². The Kier molecular flexibility index (Phi) is 12.2. The molecule has 16 nitrogen and oxygen atoms in total. The Morgan fingerprint density at radius 2 is 1.37 bits per heavy atom. The third kappa shape index (κ3) is 8.61. The van der Waals surface area contributed by atoms with Gasteiger partial charge >= 0.3 is 0 Å². The van der Waals surface area contributed by atoms with Gasteiger partial charge in [0.05, 0.1) is 6.04 Å². The van der Waals surface area contributed by atoms with Crippen LogP contribution in [0, 0.1) is 17.8 Å². The van der Waals surface area contributed by atoms with Gasteiger partial charge in [0.2, 0.25) is 29.5 Å². The molecule has 59 heavy (non-hydrogen) atoms. The number of nitrogens with one attached hydrogen (secondary N) is 5. The summed E-state index contributed by atoms with van der Waals surface area (Å²) in [4.78, 5) is 99.8. The van der Waals surface area contributed by atoms with Crippen molar-refractivity contribution in [2.45, 2.75) is 110 Å². The smallest absolute Gasteiger partial charge is 0.273 e. The molecule has 17 heteroatoms. The summed E-state index contributed by atoms with van der Waals surface area (Å²) in [5, 5.41) is 14.9. The van der Waals surface area contributed by atoms with Crippen LogP contribution in [-0.4, -0.2) is 97.5 Å². The minimum absolute atomic E-state index is 0.0675. The Bertz CT molecular complexity index is 2230. The van der Waals surface area contributed by atoms with Gasteiger partial charge in [0.25, 0.3) is 11.8 Å². The minimum atomic E-state index is -1.000. The molecule has 4 aromatic rings. The van der Waals surface area contributed by atoms with E-state index >= 15 is 0 Å². The predicted octanol–water partition coefficient (Wildman–Crippen LogP) is 4.03. The van der Waals surface area contributed by atoms with E-state index in [-0.39, 0.29) is 46.8 Å². The molecule has 6 amide bonds. The van der Waals surface area contributed by atoms with E-state index < -0.39 is 59.9 Å². The van der Waals surface area contributed by atoms with E-state index in [1.807, 2.05) is 72.0 Å². The molecule has 3 aliphatic heterocycles. The summed E-state index contributed by atoms with van der Waals surface area (Å²) in [5.74, 6) is -3.52. The molecule has 2 saturated heterocycles. The maximum absolute atomic E-state index is 14.3. The largest absolute Gasteiger partial charge is 0.446 e. The number of fused-ring (bicyclic) bond motifs is 7. The van der Waals surface area contributed by atoms with Crippen molar-refractivity contribution in [3.8, 4) is 0 Å². The fraction of sp³-hybridized carbons (Fsp3) is 0.524. The van der Waals surface area contributed by atoms with Gasteiger partial charge in [-0.15, -0.1) is 11.3 Å². The van der Waals surface area contributed by atoms with Crippen LogP contribution in [0.3, 0.4) is 0 Å². The molecule has 0 radical (unpaired) electrons. The maximum atomic E-state index is 14.3. The van der Waals surface area contributed by atoms with Crippen molar-refractivity contribution >= 4 is 57.7 Å². The predicted molar refractivity (Wildman–Crippen MR) is 219 cm³/mol. The number of aromatic nitrogens is 3. The Hall–Kier alpha value is -5.58. The van der Waals surface area contributed by atoms with Crippen LogP contribution in [0.25, 0.3) is 10.9 Å². The number of amides is 6. The zero-order chi connectivity index (χ0) is 42.1. The molecular formula is C42H53N9O7S. The SMILES string of the molecule is CC(C)[C@@H]1NC(=O)c2coc(n2)[C@H](C(C)C)NC(=O)[C@@H]2CCCN2C(=O)[C@@H]2CCCN2C(=O)[C@H](C(C)C)NC(=O)c2csc(n2)C(Cc2c[nH]c3ccccc23)NC1=O. The Labute approximate surface area is 346 Å². The fourth-order valence-corrected chi connectivity index (χ4v) is 9.12. The third-order valence-corrected chi connectivity index (χ3v) is 12.5. The van der Waals surface area contributed by atoms with Crippen molar-refractivity contribution < 1.29 is 33.2 Å². The van der Waals surface area contributed by atoms with Crippen LogP contribution < -0.4 is 21.3 Å². The number of carbonyl (C=O) groups excluding carboxylic acids is 6. The highest BCUT2D eigenvalue weighted by molar-refractivity contribution is 7.09. The van der Waals surface area contributed by atoms with E-state index in [0.717, 1.165) is 16.5 Å². The zero-order valence-electron chi connectivity index (χ0n) is 34.2. The molecule has 7 rings (SSSR count). The molecule has 3 aromatic heterocycles.